The molecule has 3 heterocycles. The highest BCUT2D eigenvalue weighted by atomic mass is 19.1. The van der Waals surface area contributed by atoms with Crippen molar-refractivity contribution < 1.29 is 9.18 Å². The molecule has 32 heavy (non-hydrogen) atoms. The molecule has 1 aliphatic heterocycles. The molecule has 1 amide bonds. The third-order valence-electron chi connectivity index (χ3n) is 6.58. The standard InChI is InChI=1S/C24H23B2FN4O/c1-13-6-7-16(19-11-30(3)29-21(13)19)15-9-14(2)18(20(27)10-15)12-31-23(32)17-5-4-8-28-22(17)24(31,25)26/h4-11H,12,25-26H2,1-3H3. The second-order valence-corrected chi connectivity index (χ2v) is 9.10. The lowest BCUT2D eigenvalue weighted by molar-refractivity contribution is 0.0729. The fraction of sp³-hybridized carbons (Fsp3) is 0.208. The zero-order chi connectivity index (χ0) is 22.8. The molecular weight excluding hydrogens is 401 g/mol. The Morgan fingerprint density at radius 2 is 1.88 bits per heavy atom. The summed E-state index contributed by atoms with van der Waals surface area (Å²) in [5, 5.41) is 4.94. The van der Waals surface area contributed by atoms with Gasteiger partial charge in [-0.05, 0) is 54.3 Å². The highest BCUT2D eigenvalue weighted by molar-refractivity contribution is 6.42. The molecular formula is C24H23B2FN4O. The Morgan fingerprint density at radius 3 is 2.59 bits per heavy atom. The van der Waals surface area contributed by atoms with Gasteiger partial charge in [0.05, 0.1) is 16.8 Å². The Balaban J connectivity index is 1.55. The van der Waals surface area contributed by atoms with Crippen LogP contribution in [0, 0.1) is 19.7 Å². The maximum Gasteiger partial charge on any atom is 0.255 e. The van der Waals surface area contributed by atoms with Gasteiger partial charge in [0.15, 0.2) is 0 Å². The minimum atomic E-state index is -0.607. The summed E-state index contributed by atoms with van der Waals surface area (Å²) < 4.78 is 17.3. The molecule has 0 fully saturated rings. The van der Waals surface area contributed by atoms with Gasteiger partial charge in [0, 0.05) is 42.3 Å². The molecule has 2 aromatic heterocycles. The van der Waals surface area contributed by atoms with E-state index in [0.717, 1.165) is 38.9 Å². The second kappa shape index (κ2) is 7.05. The molecule has 158 valence electrons. The van der Waals surface area contributed by atoms with E-state index in [2.05, 4.69) is 10.1 Å². The van der Waals surface area contributed by atoms with E-state index in [1.807, 2.05) is 61.0 Å². The first-order chi connectivity index (χ1) is 15.2. The van der Waals surface area contributed by atoms with Crippen molar-refractivity contribution in [1.29, 1.82) is 0 Å². The number of carbonyl (C=O) groups excluding carboxylic acids is 1. The van der Waals surface area contributed by atoms with Crippen LogP contribution in [-0.2, 0) is 18.9 Å². The molecule has 2 aromatic carbocycles. The molecule has 5 rings (SSSR count). The van der Waals surface area contributed by atoms with Crippen molar-refractivity contribution in [2.24, 2.45) is 7.05 Å². The Morgan fingerprint density at radius 1 is 1.09 bits per heavy atom. The smallest absolute Gasteiger partial charge is 0.255 e. The van der Waals surface area contributed by atoms with E-state index in [-0.39, 0.29) is 18.3 Å². The van der Waals surface area contributed by atoms with Crippen LogP contribution in [0.2, 0.25) is 0 Å². The van der Waals surface area contributed by atoms with Crippen LogP contribution in [0.3, 0.4) is 0 Å². The van der Waals surface area contributed by atoms with Crippen molar-refractivity contribution in [3.05, 3.63) is 82.6 Å². The van der Waals surface area contributed by atoms with E-state index < -0.39 is 5.34 Å². The summed E-state index contributed by atoms with van der Waals surface area (Å²) in [4.78, 5) is 19.2. The molecule has 4 aromatic rings. The highest BCUT2D eigenvalue weighted by Crippen LogP contribution is 2.36. The number of aromatic nitrogens is 3. The van der Waals surface area contributed by atoms with E-state index in [1.165, 1.54) is 0 Å². The van der Waals surface area contributed by atoms with E-state index in [4.69, 9.17) is 0 Å². The maximum absolute atomic E-state index is 15.5. The zero-order valence-electron chi connectivity index (χ0n) is 18.9. The van der Waals surface area contributed by atoms with Crippen LogP contribution in [0.25, 0.3) is 22.0 Å². The van der Waals surface area contributed by atoms with Crippen LogP contribution in [0.5, 0.6) is 0 Å². The fourth-order valence-electron chi connectivity index (χ4n) is 4.76. The molecule has 1 aliphatic rings. The lowest BCUT2D eigenvalue weighted by Gasteiger charge is -2.33. The number of pyridine rings is 1. The number of hydrogen-bond donors (Lipinski definition) is 0. The topological polar surface area (TPSA) is 51.0 Å². The van der Waals surface area contributed by atoms with Crippen LogP contribution >= 0.6 is 0 Å². The summed E-state index contributed by atoms with van der Waals surface area (Å²) in [5.41, 5.74) is 6.41. The van der Waals surface area contributed by atoms with Crippen LogP contribution in [-0.4, -0.2) is 41.3 Å². The summed E-state index contributed by atoms with van der Waals surface area (Å²) in [5.74, 6) is -0.429. The van der Waals surface area contributed by atoms with Gasteiger partial charge >= 0.3 is 0 Å². The fourth-order valence-corrected chi connectivity index (χ4v) is 4.76. The van der Waals surface area contributed by atoms with Gasteiger partial charge in [0.2, 0.25) is 0 Å². The van der Waals surface area contributed by atoms with Crippen LogP contribution < -0.4 is 0 Å². The first-order valence-electron chi connectivity index (χ1n) is 10.7. The van der Waals surface area contributed by atoms with E-state index >= 15 is 4.39 Å². The molecule has 0 N–H and O–H groups in total. The van der Waals surface area contributed by atoms with Gasteiger partial charge in [0.25, 0.3) is 5.91 Å². The van der Waals surface area contributed by atoms with Gasteiger partial charge in [-0.2, -0.15) is 5.10 Å². The van der Waals surface area contributed by atoms with Crippen LogP contribution in [0.1, 0.15) is 32.7 Å². The summed E-state index contributed by atoms with van der Waals surface area (Å²) in [6.45, 7) is 4.11. The lowest BCUT2D eigenvalue weighted by Crippen LogP contribution is -2.45. The van der Waals surface area contributed by atoms with E-state index in [0.29, 0.717) is 11.1 Å². The molecule has 0 saturated heterocycles. The minimum Gasteiger partial charge on any atom is -0.339 e. The summed E-state index contributed by atoms with van der Waals surface area (Å²) in [6, 6.07) is 11.1. The molecule has 5 nitrogen and oxygen atoms in total. The second-order valence-electron chi connectivity index (χ2n) is 9.10. The molecule has 8 heteroatoms. The summed E-state index contributed by atoms with van der Waals surface area (Å²) in [7, 11) is 5.80. The number of rotatable bonds is 3. The van der Waals surface area contributed by atoms with Gasteiger partial charge in [-0.15, -0.1) is 0 Å². The SMILES string of the molecule is BC1(B)c2ncccc2C(=O)N1Cc1c(C)cc(-c2ccc(C)c3nn(C)cc23)cc1F. The lowest BCUT2D eigenvalue weighted by atomic mass is 9.59. The third-order valence-corrected chi connectivity index (χ3v) is 6.58. The predicted octanol–water partition coefficient (Wildman–Crippen LogP) is 2.42. The number of benzene rings is 2. The monoisotopic (exact) mass is 424 g/mol. The Labute approximate surface area is 188 Å². The number of halogens is 1. The van der Waals surface area contributed by atoms with Crippen molar-refractivity contribution in [2.45, 2.75) is 25.7 Å². The average Bonchev–Trinajstić information content (AvgIpc) is 3.22. The normalized spacial score (nSPS) is 14.9. The Hall–Kier alpha value is -3.41. The summed E-state index contributed by atoms with van der Waals surface area (Å²) >= 11 is 0. The van der Waals surface area contributed by atoms with Crippen molar-refractivity contribution in [3.8, 4) is 11.1 Å². The van der Waals surface area contributed by atoms with E-state index in [1.54, 1.807) is 34.0 Å². The van der Waals surface area contributed by atoms with Gasteiger partial charge in [-0.3, -0.25) is 14.5 Å². The number of aryl methyl sites for hydroxylation is 3. The first-order valence-corrected chi connectivity index (χ1v) is 10.7. The molecule has 0 radical (unpaired) electrons. The number of amides is 1. The first kappa shape index (κ1) is 20.5. The molecule has 0 spiro atoms. The number of carbonyl (C=O) groups is 1. The molecule has 0 saturated carbocycles. The van der Waals surface area contributed by atoms with Gasteiger partial charge in [-0.1, -0.05) is 18.2 Å². The van der Waals surface area contributed by atoms with E-state index in [9.17, 15) is 4.79 Å². The minimum absolute atomic E-state index is 0.114. The largest absolute Gasteiger partial charge is 0.339 e. The van der Waals surface area contributed by atoms with Crippen molar-refractivity contribution >= 4 is 32.5 Å². The third kappa shape index (κ3) is 2.97. The molecule has 0 atom stereocenters. The quantitative estimate of drug-likeness (QED) is 0.475. The molecule has 0 aliphatic carbocycles. The van der Waals surface area contributed by atoms with Crippen molar-refractivity contribution in [1.82, 2.24) is 19.7 Å². The predicted molar refractivity (Wildman–Crippen MR) is 128 cm³/mol. The molecule has 0 bridgehead atoms. The van der Waals surface area contributed by atoms with Crippen molar-refractivity contribution in [2.75, 3.05) is 0 Å². The molecule has 0 unspecified atom stereocenters. The Bertz CT molecular complexity index is 1390. The number of hydrogen-bond acceptors (Lipinski definition) is 3. The number of fused-ring (bicyclic) bond motifs is 2. The van der Waals surface area contributed by atoms with Crippen LogP contribution in [0.4, 0.5) is 4.39 Å². The van der Waals surface area contributed by atoms with Crippen LogP contribution in [0.15, 0.2) is 48.8 Å². The number of nitrogens with zero attached hydrogens (tertiary/aromatic N) is 4. The van der Waals surface area contributed by atoms with Gasteiger partial charge in [0.1, 0.15) is 21.5 Å². The zero-order valence-corrected chi connectivity index (χ0v) is 18.9. The highest BCUT2D eigenvalue weighted by Gasteiger charge is 2.43. The average molecular weight is 424 g/mol. The maximum atomic E-state index is 15.5. The summed E-state index contributed by atoms with van der Waals surface area (Å²) in [6.07, 6.45) is 3.66. The Kier molecular flexibility index (Phi) is 4.52. The van der Waals surface area contributed by atoms with Gasteiger partial charge in [-0.25, -0.2) is 4.39 Å². The van der Waals surface area contributed by atoms with Gasteiger partial charge < -0.3 is 4.90 Å². The van der Waals surface area contributed by atoms with Crippen molar-refractivity contribution in [3.63, 3.8) is 0 Å².